The van der Waals surface area contributed by atoms with Gasteiger partial charge in [-0.25, -0.2) is 0 Å². The van der Waals surface area contributed by atoms with E-state index in [1.165, 1.54) is 37.7 Å². The highest BCUT2D eigenvalue weighted by molar-refractivity contribution is 6.61. The molecule has 1 heterocycles. The van der Waals surface area contributed by atoms with Crippen LogP contribution in [0.15, 0.2) is 42.0 Å². The second-order valence-electron chi connectivity index (χ2n) is 11.4. The van der Waals surface area contributed by atoms with Crippen molar-refractivity contribution < 1.29 is 14.1 Å². The highest BCUT2D eigenvalue weighted by atomic mass is 16.6. The van der Waals surface area contributed by atoms with Crippen molar-refractivity contribution in [3.63, 3.8) is 0 Å². The molecule has 0 N–H and O–H groups in total. The standard InChI is InChI=1S/C27H35BO3/c1-26-14-12-20(29)16-18(26)8-9-21-22-10-11-24(27(22,2)15-13-23(21)26)25-17-30-28(31-25)19-6-4-3-5-7-19/h3-7,16,21-25H,8-15,17H2,1-2H3/t21-,22-,23-,24?,25?,26-,27-/m0/s1. The van der Waals surface area contributed by atoms with E-state index in [0.29, 0.717) is 17.1 Å². The highest BCUT2D eigenvalue weighted by Crippen LogP contribution is 2.67. The van der Waals surface area contributed by atoms with Crippen molar-refractivity contribution >= 4 is 18.4 Å². The Morgan fingerprint density at radius 1 is 0.935 bits per heavy atom. The van der Waals surface area contributed by atoms with Gasteiger partial charge in [0.25, 0.3) is 0 Å². The van der Waals surface area contributed by atoms with E-state index in [0.717, 1.165) is 49.1 Å². The normalized spacial score (nSPS) is 44.5. The molecule has 7 atom stereocenters. The second-order valence-corrected chi connectivity index (χ2v) is 11.4. The molecule has 0 spiro atoms. The van der Waals surface area contributed by atoms with Crippen molar-refractivity contribution in [2.24, 2.45) is 34.5 Å². The van der Waals surface area contributed by atoms with E-state index in [1.54, 1.807) is 0 Å². The van der Waals surface area contributed by atoms with Crippen LogP contribution in [0.1, 0.15) is 65.2 Å². The number of rotatable bonds is 2. The van der Waals surface area contributed by atoms with Crippen LogP contribution in [-0.4, -0.2) is 25.6 Å². The van der Waals surface area contributed by atoms with E-state index in [4.69, 9.17) is 9.31 Å². The van der Waals surface area contributed by atoms with Gasteiger partial charge in [-0.05, 0) is 91.0 Å². The summed E-state index contributed by atoms with van der Waals surface area (Å²) in [5, 5.41) is 0. The summed E-state index contributed by atoms with van der Waals surface area (Å²) in [6, 6.07) is 10.4. The first-order chi connectivity index (χ1) is 15.0. The summed E-state index contributed by atoms with van der Waals surface area (Å²) in [5.41, 5.74) is 3.24. The molecule has 3 nitrogen and oxygen atoms in total. The summed E-state index contributed by atoms with van der Waals surface area (Å²) < 4.78 is 12.7. The van der Waals surface area contributed by atoms with Crippen molar-refractivity contribution in [3.8, 4) is 0 Å². The summed E-state index contributed by atoms with van der Waals surface area (Å²) in [7, 11) is -0.203. The summed E-state index contributed by atoms with van der Waals surface area (Å²) in [4.78, 5) is 12.1. The second kappa shape index (κ2) is 7.32. The quantitative estimate of drug-likeness (QED) is 0.638. The minimum atomic E-state index is -0.203. The third kappa shape index (κ3) is 3.04. The zero-order valence-corrected chi connectivity index (χ0v) is 19.0. The molecule has 1 saturated heterocycles. The Labute approximate surface area is 187 Å². The summed E-state index contributed by atoms with van der Waals surface area (Å²) in [6.45, 7) is 5.78. The third-order valence-corrected chi connectivity index (χ3v) is 10.3. The van der Waals surface area contributed by atoms with Crippen molar-refractivity contribution in [1.82, 2.24) is 0 Å². The molecule has 5 aliphatic rings. The lowest BCUT2D eigenvalue weighted by Crippen LogP contribution is -2.51. The van der Waals surface area contributed by atoms with Crippen LogP contribution in [0.5, 0.6) is 0 Å². The van der Waals surface area contributed by atoms with Crippen LogP contribution >= 0.6 is 0 Å². The van der Waals surface area contributed by atoms with Crippen LogP contribution in [0.4, 0.5) is 0 Å². The fraction of sp³-hybridized carbons (Fsp3) is 0.667. The van der Waals surface area contributed by atoms with Crippen molar-refractivity contribution in [2.45, 2.75) is 71.3 Å². The third-order valence-electron chi connectivity index (χ3n) is 10.3. The molecule has 3 saturated carbocycles. The molecule has 4 heteroatoms. The van der Waals surface area contributed by atoms with Crippen LogP contribution in [0, 0.1) is 34.5 Å². The lowest BCUT2D eigenvalue weighted by Gasteiger charge is -2.58. The predicted molar refractivity (Wildman–Crippen MR) is 123 cm³/mol. The van der Waals surface area contributed by atoms with E-state index in [1.807, 2.05) is 12.1 Å². The molecule has 1 aromatic carbocycles. The van der Waals surface area contributed by atoms with Gasteiger partial charge in [0.15, 0.2) is 5.78 Å². The number of benzene rings is 1. The van der Waals surface area contributed by atoms with E-state index in [9.17, 15) is 4.79 Å². The molecule has 0 bridgehead atoms. The first kappa shape index (κ1) is 20.2. The Balaban J connectivity index is 1.22. The average Bonchev–Trinajstić information content (AvgIpc) is 3.39. The van der Waals surface area contributed by atoms with Crippen molar-refractivity contribution in [3.05, 3.63) is 42.0 Å². The van der Waals surface area contributed by atoms with Gasteiger partial charge < -0.3 is 9.31 Å². The summed E-state index contributed by atoms with van der Waals surface area (Å²) >= 11 is 0. The van der Waals surface area contributed by atoms with Gasteiger partial charge in [0.1, 0.15) is 0 Å². The van der Waals surface area contributed by atoms with E-state index >= 15 is 0 Å². The maximum absolute atomic E-state index is 12.1. The Kier molecular flexibility index (Phi) is 4.78. The van der Waals surface area contributed by atoms with Crippen LogP contribution in [0.2, 0.25) is 0 Å². The van der Waals surface area contributed by atoms with E-state index in [-0.39, 0.29) is 18.6 Å². The fourth-order valence-corrected chi connectivity index (χ4v) is 8.63. The minimum absolute atomic E-state index is 0.203. The fourth-order valence-electron chi connectivity index (χ4n) is 8.63. The maximum atomic E-state index is 12.1. The van der Waals surface area contributed by atoms with Gasteiger partial charge in [-0.2, -0.15) is 0 Å². The first-order valence-corrected chi connectivity index (χ1v) is 12.5. The number of hydrogen-bond acceptors (Lipinski definition) is 3. The average molecular weight is 418 g/mol. The number of carbonyl (C=O) groups is 1. The molecule has 1 aliphatic heterocycles. The van der Waals surface area contributed by atoms with Gasteiger partial charge in [-0.3, -0.25) is 4.79 Å². The first-order valence-electron chi connectivity index (χ1n) is 12.5. The predicted octanol–water partition coefficient (Wildman–Crippen LogP) is 4.95. The molecule has 4 aliphatic carbocycles. The van der Waals surface area contributed by atoms with Gasteiger partial charge in [0.2, 0.25) is 0 Å². The van der Waals surface area contributed by atoms with Gasteiger partial charge in [-0.15, -0.1) is 0 Å². The minimum Gasteiger partial charge on any atom is -0.405 e. The molecule has 2 unspecified atom stereocenters. The molecular formula is C27H35BO3. The lowest BCUT2D eigenvalue weighted by atomic mass is 9.46. The molecule has 0 radical (unpaired) electrons. The molecule has 1 aromatic rings. The largest absolute Gasteiger partial charge is 0.494 e. The smallest absolute Gasteiger partial charge is 0.405 e. The molecular weight excluding hydrogens is 383 g/mol. The molecule has 31 heavy (non-hydrogen) atoms. The lowest BCUT2D eigenvalue weighted by molar-refractivity contribution is -0.117. The number of allylic oxidation sites excluding steroid dienone is 1. The molecule has 6 rings (SSSR count). The zero-order valence-electron chi connectivity index (χ0n) is 19.0. The molecule has 4 fully saturated rings. The van der Waals surface area contributed by atoms with Crippen LogP contribution in [0.25, 0.3) is 0 Å². The molecule has 0 amide bonds. The van der Waals surface area contributed by atoms with Crippen LogP contribution in [-0.2, 0) is 14.1 Å². The Hall–Kier alpha value is -1.39. The number of fused-ring (bicyclic) bond motifs is 5. The molecule has 0 aromatic heterocycles. The van der Waals surface area contributed by atoms with E-state index < -0.39 is 0 Å². The van der Waals surface area contributed by atoms with Crippen molar-refractivity contribution in [2.75, 3.05) is 6.61 Å². The SMILES string of the molecule is C[C@]12CCC(=O)C=C1CC[C@@H]1[C@@H]2CC[C@]2(C)C(C3COB(c4ccccc4)O3)CC[C@@H]12. The maximum Gasteiger partial charge on any atom is 0.494 e. The van der Waals surface area contributed by atoms with Gasteiger partial charge in [0.05, 0.1) is 12.7 Å². The van der Waals surface area contributed by atoms with Gasteiger partial charge >= 0.3 is 7.12 Å². The monoisotopic (exact) mass is 418 g/mol. The van der Waals surface area contributed by atoms with Crippen molar-refractivity contribution in [1.29, 1.82) is 0 Å². The Morgan fingerprint density at radius 3 is 2.58 bits per heavy atom. The number of ketones is 1. The zero-order chi connectivity index (χ0) is 21.2. The van der Waals surface area contributed by atoms with Crippen LogP contribution in [0.3, 0.4) is 0 Å². The Bertz CT molecular complexity index is 897. The van der Waals surface area contributed by atoms with E-state index in [2.05, 4.69) is 38.1 Å². The summed E-state index contributed by atoms with van der Waals surface area (Å²) in [6.07, 6.45) is 11.7. The van der Waals surface area contributed by atoms with Gasteiger partial charge in [0, 0.05) is 6.42 Å². The molecule has 164 valence electrons. The van der Waals surface area contributed by atoms with Gasteiger partial charge in [-0.1, -0.05) is 49.8 Å². The summed E-state index contributed by atoms with van der Waals surface area (Å²) in [5.74, 6) is 3.33. The Morgan fingerprint density at radius 2 is 1.74 bits per heavy atom. The topological polar surface area (TPSA) is 35.5 Å². The highest BCUT2D eigenvalue weighted by Gasteiger charge is 2.60. The number of hydrogen-bond donors (Lipinski definition) is 0. The van der Waals surface area contributed by atoms with Crippen LogP contribution < -0.4 is 5.46 Å². The number of carbonyl (C=O) groups excluding carboxylic acids is 1.